The number of thiophene rings is 1. The zero-order valence-electron chi connectivity index (χ0n) is 19.4. The summed E-state index contributed by atoms with van der Waals surface area (Å²) in [7, 11) is 0. The Bertz CT molecular complexity index is 1220. The minimum atomic E-state index is -0.0740. The molecule has 1 amide bonds. The number of rotatable bonds is 6. The number of nitrogens with one attached hydrogen (secondary N) is 1. The van der Waals surface area contributed by atoms with Crippen molar-refractivity contribution in [3.05, 3.63) is 50.6 Å². The topological polar surface area (TPSA) is 64.0 Å². The molecule has 3 aromatic rings. The Morgan fingerprint density at radius 3 is 2.61 bits per heavy atom. The molecule has 0 unspecified atom stereocenters. The van der Waals surface area contributed by atoms with Gasteiger partial charge in [0, 0.05) is 16.6 Å². The number of aryl methyl sites for hydroxylation is 2. The molecule has 174 valence electrons. The molecular formula is C26H31N3O2S2. The minimum absolute atomic E-state index is 0.0740. The molecule has 5 nitrogen and oxygen atoms in total. The van der Waals surface area contributed by atoms with Crippen LogP contribution in [0, 0.1) is 0 Å². The van der Waals surface area contributed by atoms with E-state index in [0.717, 1.165) is 60.8 Å². The summed E-state index contributed by atoms with van der Waals surface area (Å²) < 4.78 is 1.92. The van der Waals surface area contributed by atoms with Gasteiger partial charge in [-0.15, -0.1) is 11.3 Å². The summed E-state index contributed by atoms with van der Waals surface area (Å²) in [6.07, 6.45) is 8.71. The Balaban J connectivity index is 1.40. The molecule has 1 fully saturated rings. The van der Waals surface area contributed by atoms with Gasteiger partial charge in [-0.1, -0.05) is 50.6 Å². The van der Waals surface area contributed by atoms with Crippen molar-refractivity contribution < 1.29 is 4.79 Å². The lowest BCUT2D eigenvalue weighted by Crippen LogP contribution is -2.27. The van der Waals surface area contributed by atoms with E-state index in [9.17, 15) is 9.59 Å². The molecule has 0 saturated heterocycles. The Morgan fingerprint density at radius 2 is 1.88 bits per heavy atom. The molecule has 0 bridgehead atoms. The standard InChI is InChI=1S/C26H31N3O2S2/c1-16(2)17-11-13-18(14-12-17)27-22(30)15-32-26-28-24-23(20-9-5-6-10-21(20)33-24)25(31)29(26)19-7-3-4-8-19/h11-14,16,19H,3-10,15H2,1-2H3,(H,27,30). The van der Waals surface area contributed by atoms with E-state index in [1.807, 2.05) is 16.7 Å². The van der Waals surface area contributed by atoms with Crippen LogP contribution in [0.5, 0.6) is 0 Å². The SMILES string of the molecule is CC(C)c1ccc(NC(=O)CSc2nc3sc4c(c3c(=O)n2C2CCCC2)CCCC4)cc1. The third-order valence-corrected chi connectivity index (χ3v) is 9.01. The fraction of sp³-hybridized carbons (Fsp3) is 0.500. The second kappa shape index (κ2) is 9.63. The van der Waals surface area contributed by atoms with Crippen LogP contribution in [0.3, 0.4) is 0 Å². The van der Waals surface area contributed by atoms with Gasteiger partial charge in [0.2, 0.25) is 5.91 Å². The summed E-state index contributed by atoms with van der Waals surface area (Å²) in [5, 5.41) is 4.53. The average Bonchev–Trinajstić information content (AvgIpc) is 3.46. The van der Waals surface area contributed by atoms with Crippen molar-refractivity contribution in [3.8, 4) is 0 Å². The van der Waals surface area contributed by atoms with Gasteiger partial charge in [0.25, 0.3) is 5.56 Å². The van der Waals surface area contributed by atoms with Gasteiger partial charge in [0.1, 0.15) is 4.83 Å². The highest BCUT2D eigenvalue weighted by molar-refractivity contribution is 7.99. The lowest BCUT2D eigenvalue weighted by Gasteiger charge is -2.18. The van der Waals surface area contributed by atoms with E-state index < -0.39 is 0 Å². The molecule has 5 rings (SSSR count). The number of benzene rings is 1. The molecule has 0 spiro atoms. The number of fused-ring (bicyclic) bond motifs is 3. The second-order valence-electron chi connectivity index (χ2n) is 9.51. The van der Waals surface area contributed by atoms with Crippen molar-refractivity contribution in [1.82, 2.24) is 9.55 Å². The maximum atomic E-state index is 13.7. The zero-order valence-corrected chi connectivity index (χ0v) is 21.0. The van der Waals surface area contributed by atoms with Crippen LogP contribution >= 0.6 is 23.1 Å². The number of thioether (sulfide) groups is 1. The van der Waals surface area contributed by atoms with Crippen LogP contribution in [0.4, 0.5) is 5.69 Å². The van der Waals surface area contributed by atoms with Crippen LogP contribution in [0.1, 0.15) is 80.3 Å². The average molecular weight is 482 g/mol. The highest BCUT2D eigenvalue weighted by Gasteiger charge is 2.27. The summed E-state index contributed by atoms with van der Waals surface area (Å²) in [5.74, 6) is 0.624. The van der Waals surface area contributed by atoms with Gasteiger partial charge < -0.3 is 5.32 Å². The first kappa shape index (κ1) is 22.7. The summed E-state index contributed by atoms with van der Waals surface area (Å²) in [6, 6.07) is 8.21. The summed E-state index contributed by atoms with van der Waals surface area (Å²) in [4.78, 5) is 33.6. The molecule has 2 aliphatic carbocycles. The number of anilines is 1. The lowest BCUT2D eigenvalue weighted by molar-refractivity contribution is -0.113. The molecule has 1 saturated carbocycles. The van der Waals surface area contributed by atoms with Crippen molar-refractivity contribution in [3.63, 3.8) is 0 Å². The summed E-state index contributed by atoms with van der Waals surface area (Å²) in [6.45, 7) is 4.31. The van der Waals surface area contributed by atoms with Crippen LogP contribution in [0.2, 0.25) is 0 Å². The smallest absolute Gasteiger partial charge is 0.263 e. The van der Waals surface area contributed by atoms with Crippen molar-refractivity contribution in [2.24, 2.45) is 0 Å². The van der Waals surface area contributed by atoms with Crippen LogP contribution in [-0.4, -0.2) is 21.2 Å². The molecule has 2 heterocycles. The number of carbonyl (C=O) groups is 1. The highest BCUT2D eigenvalue weighted by Crippen LogP contribution is 2.37. The number of hydrogen-bond donors (Lipinski definition) is 1. The van der Waals surface area contributed by atoms with Crippen LogP contribution in [0.25, 0.3) is 10.2 Å². The Hall–Kier alpha value is -2.12. The van der Waals surface area contributed by atoms with Gasteiger partial charge >= 0.3 is 0 Å². The van der Waals surface area contributed by atoms with Crippen LogP contribution in [0.15, 0.2) is 34.2 Å². The maximum absolute atomic E-state index is 13.7. The van der Waals surface area contributed by atoms with Gasteiger partial charge in [-0.3, -0.25) is 14.2 Å². The normalized spacial score (nSPS) is 16.5. The third-order valence-electron chi connectivity index (χ3n) is 6.87. The van der Waals surface area contributed by atoms with E-state index in [4.69, 9.17) is 4.98 Å². The molecule has 1 N–H and O–H groups in total. The quantitative estimate of drug-likeness (QED) is 0.331. The molecule has 1 aromatic carbocycles. The van der Waals surface area contributed by atoms with Crippen LogP contribution in [-0.2, 0) is 17.6 Å². The maximum Gasteiger partial charge on any atom is 0.263 e. The largest absolute Gasteiger partial charge is 0.325 e. The molecule has 0 radical (unpaired) electrons. The number of amides is 1. The van der Waals surface area contributed by atoms with E-state index in [1.165, 1.54) is 34.2 Å². The van der Waals surface area contributed by atoms with Gasteiger partial charge in [-0.25, -0.2) is 4.98 Å². The first-order chi connectivity index (χ1) is 16.0. The van der Waals surface area contributed by atoms with E-state index in [0.29, 0.717) is 11.1 Å². The first-order valence-electron chi connectivity index (χ1n) is 12.1. The summed E-state index contributed by atoms with van der Waals surface area (Å²) in [5.41, 5.74) is 3.40. The van der Waals surface area contributed by atoms with Gasteiger partial charge in [0.15, 0.2) is 5.16 Å². The first-order valence-corrected chi connectivity index (χ1v) is 13.9. The Kier molecular flexibility index (Phi) is 6.61. The molecule has 2 aliphatic rings. The Morgan fingerprint density at radius 1 is 1.15 bits per heavy atom. The van der Waals surface area contributed by atoms with E-state index >= 15 is 0 Å². The van der Waals surface area contributed by atoms with E-state index in [1.54, 1.807) is 11.3 Å². The molecule has 7 heteroatoms. The Labute approximate surface area is 203 Å². The number of carbonyl (C=O) groups excluding carboxylic acids is 1. The van der Waals surface area contributed by atoms with Crippen LogP contribution < -0.4 is 10.9 Å². The predicted octanol–water partition coefficient (Wildman–Crippen LogP) is 6.31. The van der Waals surface area contributed by atoms with E-state index in [-0.39, 0.29) is 23.3 Å². The zero-order chi connectivity index (χ0) is 22.9. The number of aromatic nitrogens is 2. The van der Waals surface area contributed by atoms with Gasteiger partial charge in [-0.2, -0.15) is 0 Å². The number of hydrogen-bond acceptors (Lipinski definition) is 5. The minimum Gasteiger partial charge on any atom is -0.325 e. The highest BCUT2D eigenvalue weighted by atomic mass is 32.2. The molecule has 0 atom stereocenters. The predicted molar refractivity (Wildman–Crippen MR) is 138 cm³/mol. The lowest BCUT2D eigenvalue weighted by atomic mass is 9.97. The van der Waals surface area contributed by atoms with Crippen molar-refractivity contribution in [2.45, 2.75) is 82.3 Å². The summed E-state index contributed by atoms with van der Waals surface area (Å²) >= 11 is 3.07. The number of nitrogens with zero attached hydrogens (tertiary/aromatic N) is 2. The monoisotopic (exact) mass is 481 g/mol. The van der Waals surface area contributed by atoms with E-state index in [2.05, 4.69) is 31.3 Å². The molecule has 2 aromatic heterocycles. The fourth-order valence-electron chi connectivity index (χ4n) is 5.06. The molecular weight excluding hydrogens is 450 g/mol. The second-order valence-corrected chi connectivity index (χ2v) is 11.5. The fourth-order valence-corrected chi connectivity index (χ4v) is 7.23. The molecule has 33 heavy (non-hydrogen) atoms. The van der Waals surface area contributed by atoms with Crippen molar-refractivity contribution in [2.75, 3.05) is 11.1 Å². The van der Waals surface area contributed by atoms with Gasteiger partial charge in [-0.05, 0) is 67.7 Å². The third kappa shape index (κ3) is 4.62. The van der Waals surface area contributed by atoms with Crippen molar-refractivity contribution in [1.29, 1.82) is 0 Å². The van der Waals surface area contributed by atoms with Gasteiger partial charge in [0.05, 0.1) is 11.1 Å². The van der Waals surface area contributed by atoms with Crippen molar-refractivity contribution >= 4 is 44.9 Å². The molecule has 0 aliphatic heterocycles.